The Morgan fingerprint density at radius 3 is 2.60 bits per heavy atom. The van der Waals surface area contributed by atoms with Gasteiger partial charge in [0.2, 0.25) is 6.41 Å². The number of anilines is 1. The highest BCUT2D eigenvalue weighted by atomic mass is 28.3. The van der Waals surface area contributed by atoms with Gasteiger partial charge in [0.25, 0.3) is 0 Å². The van der Waals surface area contributed by atoms with Gasteiger partial charge in [-0.1, -0.05) is 36.1 Å². The van der Waals surface area contributed by atoms with Gasteiger partial charge in [0.1, 0.15) is 8.07 Å². The smallest absolute Gasteiger partial charge is 0.213 e. The summed E-state index contributed by atoms with van der Waals surface area (Å²) in [7, 11) is 0.236. The Morgan fingerprint density at radius 1 is 1.40 bits per heavy atom. The van der Waals surface area contributed by atoms with Crippen molar-refractivity contribution in [2.24, 2.45) is 0 Å². The predicted octanol–water partition coefficient (Wildman–Crippen LogP) is 1.92. The Morgan fingerprint density at radius 2 is 2.07 bits per heavy atom. The molecule has 2 nitrogen and oxygen atoms in total. The van der Waals surface area contributed by atoms with Gasteiger partial charge >= 0.3 is 0 Å². The summed E-state index contributed by atoms with van der Waals surface area (Å²) in [6.07, 6.45) is 0.821. The molecule has 0 aliphatic carbocycles. The number of nitrogens with zero attached hydrogens (tertiary/aromatic N) is 1. The summed E-state index contributed by atoms with van der Waals surface area (Å²) in [4.78, 5) is 12.2. The van der Waals surface area contributed by atoms with E-state index in [1.807, 2.05) is 17.8 Å². The summed E-state index contributed by atoms with van der Waals surface area (Å²) < 4.78 is 0. The van der Waals surface area contributed by atoms with E-state index in [1.165, 1.54) is 5.19 Å². The Bertz CT molecular complexity index is 374. The summed E-state index contributed by atoms with van der Waals surface area (Å²) in [5.74, 6) is 0. The lowest BCUT2D eigenvalue weighted by atomic mass is 10.3. The zero-order valence-electron chi connectivity index (χ0n) is 9.53. The first-order chi connectivity index (χ1) is 7.01. The largest absolute Gasteiger partial charge is 0.318 e. The third kappa shape index (κ3) is 2.56. The minimum Gasteiger partial charge on any atom is -0.318 e. The van der Waals surface area contributed by atoms with Crippen LogP contribution in [0.25, 0.3) is 0 Å². The molecule has 3 heteroatoms. The van der Waals surface area contributed by atoms with E-state index < -0.39 is 8.07 Å². The Labute approximate surface area is 92.2 Å². The second-order valence-corrected chi connectivity index (χ2v) is 8.62. The van der Waals surface area contributed by atoms with E-state index in [9.17, 15) is 4.79 Å². The van der Waals surface area contributed by atoms with Crippen molar-refractivity contribution in [3.63, 3.8) is 0 Å². The van der Waals surface area contributed by atoms with Gasteiger partial charge in [-0.2, -0.15) is 0 Å². The molecule has 0 fully saturated rings. The van der Waals surface area contributed by atoms with Gasteiger partial charge in [-0.05, 0) is 12.1 Å². The first-order valence-electron chi connectivity index (χ1n) is 4.93. The number of hydrogen-bond acceptors (Lipinski definition) is 1. The molecule has 0 aliphatic heterocycles. The maximum absolute atomic E-state index is 10.7. The Kier molecular flexibility index (Phi) is 3.47. The second-order valence-electron chi connectivity index (χ2n) is 4.19. The highest BCUT2D eigenvalue weighted by molar-refractivity contribution is 6.93. The minimum absolute atomic E-state index is 0.821. The fraction of sp³-hybridized carbons (Fsp3) is 0.250. The molecule has 0 unspecified atom stereocenters. The molecule has 15 heavy (non-hydrogen) atoms. The van der Waals surface area contributed by atoms with Crippen molar-refractivity contribution in [3.8, 4) is 0 Å². The summed E-state index contributed by atoms with van der Waals surface area (Å²) in [6, 6.07) is 8.10. The van der Waals surface area contributed by atoms with E-state index in [-0.39, 0.29) is 0 Å². The average Bonchev–Trinajstić information content (AvgIpc) is 2.28. The first-order valence-corrected chi connectivity index (χ1v) is 8.01. The number of hydrogen-bond donors (Lipinski definition) is 0. The van der Waals surface area contributed by atoms with Crippen LogP contribution in [0, 0.1) is 0 Å². The number of carbonyl (C=O) groups excluding carboxylic acids is 1. The summed E-state index contributed by atoms with van der Waals surface area (Å²) in [5, 5.41) is 1.30. The molecule has 1 aromatic carbocycles. The molecular weight excluding hydrogens is 202 g/mol. The number of rotatable bonds is 4. The predicted molar refractivity (Wildman–Crippen MR) is 68.2 cm³/mol. The maximum atomic E-state index is 10.7. The van der Waals surface area contributed by atoms with Crippen LogP contribution in [0.2, 0.25) is 13.1 Å². The lowest BCUT2D eigenvalue weighted by Gasteiger charge is -2.20. The second kappa shape index (κ2) is 4.44. The first kappa shape index (κ1) is 11.7. The zero-order chi connectivity index (χ0) is 11.5. The van der Waals surface area contributed by atoms with Crippen molar-refractivity contribution in [1.82, 2.24) is 0 Å². The number of carbonyl (C=O) groups is 1. The van der Waals surface area contributed by atoms with E-state index in [4.69, 9.17) is 0 Å². The molecule has 80 valence electrons. The van der Waals surface area contributed by atoms with Gasteiger partial charge in [0.15, 0.2) is 0 Å². The van der Waals surface area contributed by atoms with Gasteiger partial charge in [-0.3, -0.25) is 4.79 Å². The SMILES string of the molecule is C=C[Si](C)(C)c1cccc(N(C)C=O)c1. The van der Waals surface area contributed by atoms with Gasteiger partial charge in [-0.25, -0.2) is 0 Å². The van der Waals surface area contributed by atoms with Crippen LogP contribution in [-0.4, -0.2) is 21.5 Å². The van der Waals surface area contributed by atoms with Gasteiger partial charge in [0, 0.05) is 12.7 Å². The van der Waals surface area contributed by atoms with Gasteiger partial charge < -0.3 is 4.90 Å². The quantitative estimate of drug-likeness (QED) is 0.559. The fourth-order valence-electron chi connectivity index (χ4n) is 1.30. The van der Waals surface area contributed by atoms with Gasteiger partial charge in [-0.15, -0.1) is 6.58 Å². The molecule has 0 heterocycles. The molecule has 1 rings (SSSR count). The molecule has 0 N–H and O–H groups in total. The molecule has 1 aromatic rings. The zero-order valence-corrected chi connectivity index (χ0v) is 10.5. The molecule has 0 saturated heterocycles. The molecule has 0 saturated carbocycles. The van der Waals surface area contributed by atoms with Crippen LogP contribution in [0.15, 0.2) is 36.5 Å². The van der Waals surface area contributed by atoms with Gasteiger partial charge in [0.05, 0.1) is 0 Å². The van der Waals surface area contributed by atoms with Crippen molar-refractivity contribution in [2.45, 2.75) is 13.1 Å². The molecule has 1 amide bonds. The highest BCUT2D eigenvalue weighted by Crippen LogP contribution is 2.12. The van der Waals surface area contributed by atoms with Crippen LogP contribution in [-0.2, 0) is 4.79 Å². The van der Waals surface area contributed by atoms with Crippen molar-refractivity contribution in [3.05, 3.63) is 36.5 Å². The summed E-state index contributed by atoms with van der Waals surface area (Å²) in [6.45, 7) is 8.35. The monoisotopic (exact) mass is 219 g/mol. The van der Waals surface area contributed by atoms with Crippen LogP contribution in [0.4, 0.5) is 5.69 Å². The third-order valence-electron chi connectivity index (χ3n) is 2.67. The molecule has 0 aromatic heterocycles. The Hall–Kier alpha value is -1.35. The highest BCUT2D eigenvalue weighted by Gasteiger charge is 2.19. The molecule has 0 radical (unpaired) electrons. The van der Waals surface area contributed by atoms with E-state index in [0.29, 0.717) is 0 Å². The van der Waals surface area contributed by atoms with E-state index in [1.54, 1.807) is 11.9 Å². The number of amides is 1. The standard InChI is InChI=1S/C12H17NOSi/c1-5-15(3,4)12-8-6-7-11(9-12)13(2)10-14/h5-10H,1H2,2-4H3. The normalized spacial score (nSPS) is 10.9. The van der Waals surface area contributed by atoms with Crippen molar-refractivity contribution < 1.29 is 4.79 Å². The molecule has 0 bridgehead atoms. The van der Waals surface area contributed by atoms with E-state index in [2.05, 4.69) is 31.8 Å². The van der Waals surface area contributed by atoms with Crippen LogP contribution in [0.3, 0.4) is 0 Å². The van der Waals surface area contributed by atoms with E-state index >= 15 is 0 Å². The number of benzene rings is 1. The van der Waals surface area contributed by atoms with Crippen molar-refractivity contribution >= 4 is 25.4 Å². The topological polar surface area (TPSA) is 20.3 Å². The van der Waals surface area contributed by atoms with Crippen LogP contribution in [0.1, 0.15) is 0 Å². The molecule has 0 aliphatic rings. The fourth-order valence-corrected chi connectivity index (χ4v) is 2.59. The lowest BCUT2D eigenvalue weighted by molar-refractivity contribution is -0.107. The maximum Gasteiger partial charge on any atom is 0.213 e. The van der Waals surface area contributed by atoms with Crippen LogP contribution in [0.5, 0.6) is 0 Å². The summed E-state index contributed by atoms with van der Waals surface area (Å²) in [5.41, 5.74) is 2.98. The molecule has 0 atom stereocenters. The van der Waals surface area contributed by atoms with Crippen LogP contribution < -0.4 is 10.1 Å². The van der Waals surface area contributed by atoms with E-state index in [0.717, 1.165) is 12.1 Å². The minimum atomic E-state index is -1.52. The van der Waals surface area contributed by atoms with Crippen LogP contribution >= 0.6 is 0 Å². The van der Waals surface area contributed by atoms with Crippen molar-refractivity contribution in [2.75, 3.05) is 11.9 Å². The molecule has 0 spiro atoms. The summed E-state index contributed by atoms with van der Waals surface area (Å²) >= 11 is 0. The third-order valence-corrected chi connectivity index (χ3v) is 5.49. The van der Waals surface area contributed by atoms with Crippen molar-refractivity contribution in [1.29, 1.82) is 0 Å². The average molecular weight is 219 g/mol. The molecular formula is C12H17NOSi. The lowest BCUT2D eigenvalue weighted by Crippen LogP contribution is -2.39. The Balaban J connectivity index is 3.13.